The summed E-state index contributed by atoms with van der Waals surface area (Å²) in [4.78, 5) is 17.5. The number of ether oxygens (including phenoxy) is 2. The summed E-state index contributed by atoms with van der Waals surface area (Å²) in [6, 6.07) is 21.6. The lowest BCUT2D eigenvalue weighted by atomic mass is 10.1. The molecular formula is C25H23ClN4O3. The van der Waals surface area contributed by atoms with Crippen LogP contribution in [0.3, 0.4) is 0 Å². The van der Waals surface area contributed by atoms with Crippen LogP contribution in [0.4, 0.5) is 0 Å². The smallest absolute Gasteiger partial charge is 0.252 e. The Kier molecular flexibility index (Phi) is 6.90. The molecule has 2 N–H and O–H groups in total. The maximum atomic E-state index is 13.1. The highest BCUT2D eigenvalue weighted by molar-refractivity contribution is 6.31. The number of methoxy groups -OCH3 is 1. The molecule has 0 spiro atoms. The average molecular weight is 463 g/mol. The first-order chi connectivity index (χ1) is 16.0. The molecule has 0 saturated heterocycles. The highest BCUT2D eigenvalue weighted by atomic mass is 35.5. The van der Waals surface area contributed by atoms with Gasteiger partial charge in [0.1, 0.15) is 18.5 Å². The number of amides is 1. The molecular weight excluding hydrogens is 440 g/mol. The van der Waals surface area contributed by atoms with E-state index in [-0.39, 0.29) is 12.5 Å². The standard InChI is InChI=1S/C25H23ClN4O3/c1-16-27-24(30-29-16)23(17-8-4-3-5-9-17)28-25(31)18-12-13-21(22(14-18)32-2)33-15-19-10-6-7-11-20(19)26/h3-14,23H,15H2,1-2H3,(H,28,31)(H,27,29,30). The molecule has 4 aromatic rings. The van der Waals surface area contributed by atoms with E-state index in [4.69, 9.17) is 21.1 Å². The van der Waals surface area contributed by atoms with Crippen LogP contribution in [0.15, 0.2) is 72.8 Å². The average Bonchev–Trinajstić information content (AvgIpc) is 3.28. The lowest BCUT2D eigenvalue weighted by Crippen LogP contribution is -2.30. The second-order valence-electron chi connectivity index (χ2n) is 7.34. The van der Waals surface area contributed by atoms with Gasteiger partial charge < -0.3 is 14.8 Å². The molecule has 0 aliphatic carbocycles. The van der Waals surface area contributed by atoms with Crippen molar-refractivity contribution in [3.8, 4) is 11.5 Å². The number of aromatic nitrogens is 3. The maximum Gasteiger partial charge on any atom is 0.252 e. The van der Waals surface area contributed by atoms with Crippen molar-refractivity contribution in [2.75, 3.05) is 7.11 Å². The van der Waals surface area contributed by atoms with Crippen LogP contribution >= 0.6 is 11.6 Å². The van der Waals surface area contributed by atoms with E-state index in [9.17, 15) is 4.79 Å². The van der Waals surface area contributed by atoms with E-state index < -0.39 is 6.04 Å². The van der Waals surface area contributed by atoms with Gasteiger partial charge in [0, 0.05) is 16.1 Å². The Morgan fingerprint density at radius 2 is 1.82 bits per heavy atom. The largest absolute Gasteiger partial charge is 0.493 e. The van der Waals surface area contributed by atoms with Crippen LogP contribution < -0.4 is 14.8 Å². The third kappa shape index (κ3) is 5.32. The summed E-state index contributed by atoms with van der Waals surface area (Å²) in [5.41, 5.74) is 2.15. The highest BCUT2D eigenvalue weighted by Gasteiger charge is 2.22. The van der Waals surface area contributed by atoms with Gasteiger partial charge in [0.2, 0.25) is 0 Å². The summed E-state index contributed by atoms with van der Waals surface area (Å²) in [5, 5.41) is 10.7. The Morgan fingerprint density at radius 1 is 1.06 bits per heavy atom. The zero-order valence-corrected chi connectivity index (χ0v) is 19.0. The Bertz CT molecular complexity index is 1240. The Hall–Kier alpha value is -3.84. The van der Waals surface area contributed by atoms with Crippen LogP contribution in [0.2, 0.25) is 5.02 Å². The first kappa shape index (κ1) is 22.4. The number of carbonyl (C=O) groups excluding carboxylic acids is 1. The zero-order valence-electron chi connectivity index (χ0n) is 18.2. The number of rotatable bonds is 8. The molecule has 1 amide bonds. The number of carbonyl (C=O) groups is 1. The fourth-order valence-electron chi connectivity index (χ4n) is 3.34. The maximum absolute atomic E-state index is 13.1. The molecule has 7 nitrogen and oxygen atoms in total. The van der Waals surface area contributed by atoms with Gasteiger partial charge >= 0.3 is 0 Å². The van der Waals surface area contributed by atoms with E-state index in [1.54, 1.807) is 18.2 Å². The van der Waals surface area contributed by atoms with Gasteiger partial charge in [-0.1, -0.05) is 60.1 Å². The minimum atomic E-state index is -0.509. The molecule has 0 aliphatic rings. The monoisotopic (exact) mass is 462 g/mol. The van der Waals surface area contributed by atoms with Gasteiger partial charge in [0.15, 0.2) is 17.3 Å². The van der Waals surface area contributed by atoms with Crippen molar-refractivity contribution in [1.82, 2.24) is 20.5 Å². The molecule has 1 unspecified atom stereocenters. The molecule has 168 valence electrons. The normalized spacial score (nSPS) is 11.6. The summed E-state index contributed by atoms with van der Waals surface area (Å²) < 4.78 is 11.4. The second-order valence-corrected chi connectivity index (χ2v) is 7.75. The van der Waals surface area contributed by atoms with Gasteiger partial charge in [0.05, 0.1) is 7.11 Å². The lowest BCUT2D eigenvalue weighted by Gasteiger charge is -2.17. The minimum absolute atomic E-state index is 0.280. The van der Waals surface area contributed by atoms with Crippen LogP contribution in [-0.2, 0) is 6.61 Å². The number of aromatic amines is 1. The predicted octanol–water partition coefficient (Wildman–Crippen LogP) is 4.87. The van der Waals surface area contributed by atoms with Crippen molar-refractivity contribution >= 4 is 17.5 Å². The zero-order chi connectivity index (χ0) is 23.2. The summed E-state index contributed by atoms with van der Waals surface area (Å²) in [6.07, 6.45) is 0. The number of halogens is 1. The van der Waals surface area contributed by atoms with Gasteiger partial charge in [-0.2, -0.15) is 5.10 Å². The third-order valence-corrected chi connectivity index (χ3v) is 5.42. The number of aryl methyl sites for hydroxylation is 1. The third-order valence-electron chi connectivity index (χ3n) is 5.05. The van der Waals surface area contributed by atoms with Gasteiger partial charge in [-0.3, -0.25) is 9.89 Å². The van der Waals surface area contributed by atoms with Crippen LogP contribution in [-0.4, -0.2) is 28.2 Å². The molecule has 3 aromatic carbocycles. The Morgan fingerprint density at radius 3 is 2.52 bits per heavy atom. The quantitative estimate of drug-likeness (QED) is 0.390. The van der Waals surface area contributed by atoms with Gasteiger partial charge in [0.25, 0.3) is 5.91 Å². The van der Waals surface area contributed by atoms with Crippen LogP contribution in [0.25, 0.3) is 0 Å². The molecule has 1 heterocycles. The molecule has 1 atom stereocenters. The molecule has 0 aliphatic heterocycles. The summed E-state index contributed by atoms with van der Waals surface area (Å²) >= 11 is 6.21. The Labute approximate surface area is 196 Å². The highest BCUT2D eigenvalue weighted by Crippen LogP contribution is 2.30. The first-order valence-electron chi connectivity index (χ1n) is 10.3. The second kappa shape index (κ2) is 10.2. The molecule has 0 saturated carbocycles. The number of nitrogens with one attached hydrogen (secondary N) is 2. The number of hydrogen-bond donors (Lipinski definition) is 2. The molecule has 0 fully saturated rings. The van der Waals surface area contributed by atoms with E-state index in [1.807, 2.05) is 61.5 Å². The molecule has 8 heteroatoms. The fourth-order valence-corrected chi connectivity index (χ4v) is 3.54. The summed E-state index contributed by atoms with van der Waals surface area (Å²) in [6.45, 7) is 2.09. The van der Waals surface area contributed by atoms with Gasteiger partial charge in [-0.25, -0.2) is 4.98 Å². The van der Waals surface area contributed by atoms with Crippen molar-refractivity contribution in [2.45, 2.75) is 19.6 Å². The molecule has 1 aromatic heterocycles. The van der Waals surface area contributed by atoms with Crippen molar-refractivity contribution in [2.24, 2.45) is 0 Å². The van der Waals surface area contributed by atoms with Crippen molar-refractivity contribution in [1.29, 1.82) is 0 Å². The molecule has 4 rings (SSSR count). The number of H-pyrrole nitrogens is 1. The fraction of sp³-hybridized carbons (Fsp3) is 0.160. The SMILES string of the molecule is COc1cc(C(=O)NC(c2ccccc2)c2n[nH]c(C)n2)ccc1OCc1ccccc1Cl. The Balaban J connectivity index is 1.54. The number of nitrogens with zero attached hydrogens (tertiary/aromatic N) is 2. The van der Waals surface area contributed by atoms with E-state index in [2.05, 4.69) is 20.5 Å². The summed E-state index contributed by atoms with van der Waals surface area (Å²) in [7, 11) is 1.53. The minimum Gasteiger partial charge on any atom is -0.493 e. The van der Waals surface area contributed by atoms with Gasteiger partial charge in [-0.15, -0.1) is 0 Å². The first-order valence-corrected chi connectivity index (χ1v) is 10.7. The van der Waals surface area contributed by atoms with Crippen LogP contribution in [0.1, 0.15) is 39.2 Å². The number of benzene rings is 3. The molecule has 33 heavy (non-hydrogen) atoms. The molecule has 0 bridgehead atoms. The van der Waals surface area contributed by atoms with Crippen LogP contribution in [0.5, 0.6) is 11.5 Å². The van der Waals surface area contributed by atoms with E-state index in [0.29, 0.717) is 33.7 Å². The summed E-state index contributed by atoms with van der Waals surface area (Å²) in [5.74, 6) is 1.82. The van der Waals surface area contributed by atoms with E-state index in [1.165, 1.54) is 7.11 Å². The van der Waals surface area contributed by atoms with E-state index in [0.717, 1.165) is 11.1 Å². The topological polar surface area (TPSA) is 89.1 Å². The lowest BCUT2D eigenvalue weighted by molar-refractivity contribution is 0.0941. The predicted molar refractivity (Wildman–Crippen MR) is 126 cm³/mol. The van der Waals surface area contributed by atoms with Crippen LogP contribution in [0, 0.1) is 6.92 Å². The van der Waals surface area contributed by atoms with E-state index >= 15 is 0 Å². The van der Waals surface area contributed by atoms with Gasteiger partial charge in [-0.05, 0) is 36.8 Å². The molecule has 0 radical (unpaired) electrons. The number of hydrogen-bond acceptors (Lipinski definition) is 5. The van der Waals surface area contributed by atoms with Crippen molar-refractivity contribution < 1.29 is 14.3 Å². The van der Waals surface area contributed by atoms with Crippen molar-refractivity contribution in [3.05, 3.63) is 106 Å². The van der Waals surface area contributed by atoms with Crippen molar-refractivity contribution in [3.63, 3.8) is 0 Å².